The van der Waals surface area contributed by atoms with Gasteiger partial charge < -0.3 is 35.2 Å². The highest BCUT2D eigenvalue weighted by Gasteiger charge is 2.60. The fraction of sp³-hybridized carbons (Fsp3) is 0.571. The number of aliphatic hydroxyl groups is 1. The molecule has 1 aliphatic rings. The average Bonchev–Trinajstić information content (AvgIpc) is 2.88. The molecule has 2 heterocycles. The van der Waals surface area contributed by atoms with Gasteiger partial charge in [0.2, 0.25) is 5.67 Å². The summed E-state index contributed by atoms with van der Waals surface area (Å²) in [5, 5.41) is 10.5. The summed E-state index contributed by atoms with van der Waals surface area (Å²) < 4.78 is 80.4. The van der Waals surface area contributed by atoms with Crippen LogP contribution in [-0.4, -0.2) is 64.9 Å². The molecule has 1 fully saturated rings. The molecule has 4 unspecified atom stereocenters. The minimum absolute atomic E-state index is 0.0232. The summed E-state index contributed by atoms with van der Waals surface area (Å²) in [7, 11) is -17.2. The molecule has 1 saturated heterocycles. The number of aliphatic hydroxyl groups excluding tert-OH is 1. The quantitative estimate of drug-likeness (QED) is 0.175. The zero-order chi connectivity index (χ0) is 27.0. The summed E-state index contributed by atoms with van der Waals surface area (Å²) in [6.07, 6.45) is -8.32. The van der Waals surface area contributed by atoms with Gasteiger partial charge in [-0.25, -0.2) is 27.3 Å². The topological polar surface area (TPSA) is 250 Å². The number of aromatic nitrogens is 2. The van der Waals surface area contributed by atoms with E-state index in [0.29, 0.717) is 4.57 Å². The van der Waals surface area contributed by atoms with Crippen LogP contribution < -0.4 is 11.4 Å². The number of hydrogen-bond donors (Lipinski definition) is 6. The van der Waals surface area contributed by atoms with Gasteiger partial charge in [0.1, 0.15) is 24.7 Å². The number of aryl methyl sites for hydroxylation is 1. The van der Waals surface area contributed by atoms with Crippen LogP contribution in [-0.2, 0) is 31.6 Å². The molecule has 0 radical (unpaired) electrons. The molecule has 7 atom stereocenters. The zero-order valence-corrected chi connectivity index (χ0v) is 20.3. The molecule has 35 heavy (non-hydrogen) atoms. The number of ether oxygens (including phenoxy) is 1. The van der Waals surface area contributed by atoms with E-state index in [1.165, 1.54) is 6.92 Å². The number of nitrogen functional groups attached to an aromatic ring is 1. The summed E-state index contributed by atoms with van der Waals surface area (Å²) in [5.74, 6) is 3.30. The molecule has 1 aromatic heterocycles. The molecule has 0 bridgehead atoms. The first-order valence-corrected chi connectivity index (χ1v) is 13.6. The molecule has 198 valence electrons. The summed E-state index contributed by atoms with van der Waals surface area (Å²) in [6, 6.07) is 1.14. The molecule has 0 saturated carbocycles. The number of halogens is 2. The third-order valence-electron chi connectivity index (χ3n) is 4.31. The standard InChI is InChI=1S/C14H20F2N3O13P3/c1-7-6-9(17)18-13(21)19(7)12-14(16,4-3-5-15)11(20)10(29-12)8(2)30-34(25,26)32-35(27,28)31-33(22,23)24/h6,8,10-12,20H,5H2,1-2H3,(H,25,26)(H,27,28)(H2,17,18,21)(H2,22,23,24)/t8-,10?,11?,12-,14-/m1/s1. The highest BCUT2D eigenvalue weighted by molar-refractivity contribution is 7.66. The maximum Gasteiger partial charge on any atom is 0.490 e. The van der Waals surface area contributed by atoms with E-state index in [4.69, 9.17) is 20.3 Å². The number of hydrogen-bond acceptors (Lipinski definition) is 11. The van der Waals surface area contributed by atoms with E-state index in [1.54, 1.807) is 11.8 Å². The summed E-state index contributed by atoms with van der Waals surface area (Å²) >= 11 is 0. The van der Waals surface area contributed by atoms with Gasteiger partial charge in [0, 0.05) is 5.69 Å². The van der Waals surface area contributed by atoms with Crippen molar-refractivity contribution in [1.29, 1.82) is 0 Å². The third kappa shape index (κ3) is 7.23. The smallest absolute Gasteiger partial charge is 0.386 e. The lowest BCUT2D eigenvalue weighted by Crippen LogP contribution is -2.46. The van der Waals surface area contributed by atoms with E-state index < -0.39 is 66.0 Å². The molecular weight excluding hydrogens is 549 g/mol. The van der Waals surface area contributed by atoms with E-state index in [2.05, 4.69) is 18.1 Å². The molecule has 16 nitrogen and oxygen atoms in total. The predicted octanol–water partition coefficient (Wildman–Crippen LogP) is -0.195. The predicted molar refractivity (Wildman–Crippen MR) is 110 cm³/mol. The normalized spacial score (nSPS) is 29.0. The highest BCUT2D eigenvalue weighted by atomic mass is 31.3. The van der Waals surface area contributed by atoms with Gasteiger partial charge in [-0.05, 0) is 19.9 Å². The van der Waals surface area contributed by atoms with E-state index >= 15 is 4.39 Å². The largest absolute Gasteiger partial charge is 0.490 e. The molecular formula is C14H20F2N3O13P3. The molecule has 0 spiro atoms. The Labute approximate surface area is 195 Å². The van der Waals surface area contributed by atoms with Gasteiger partial charge in [0.15, 0.2) is 6.23 Å². The van der Waals surface area contributed by atoms with Gasteiger partial charge >= 0.3 is 29.2 Å². The lowest BCUT2D eigenvalue weighted by Gasteiger charge is -2.26. The van der Waals surface area contributed by atoms with Gasteiger partial charge in [-0.1, -0.05) is 11.8 Å². The Kier molecular flexibility index (Phi) is 8.84. The van der Waals surface area contributed by atoms with Crippen molar-refractivity contribution in [2.24, 2.45) is 0 Å². The Morgan fingerprint density at radius 2 is 1.89 bits per heavy atom. The molecule has 7 N–H and O–H groups in total. The Balaban J connectivity index is 2.39. The second-order valence-corrected chi connectivity index (χ2v) is 11.4. The van der Waals surface area contributed by atoms with Gasteiger partial charge in [-0.3, -0.25) is 9.09 Å². The number of nitrogens with zero attached hydrogens (tertiary/aromatic N) is 2. The Morgan fingerprint density at radius 1 is 1.29 bits per heavy atom. The molecule has 0 aliphatic carbocycles. The number of alkyl halides is 2. The summed E-state index contributed by atoms with van der Waals surface area (Å²) in [4.78, 5) is 51.8. The lowest BCUT2D eigenvalue weighted by molar-refractivity contribution is -0.0786. The lowest BCUT2D eigenvalue weighted by atomic mass is 9.94. The average molecular weight is 569 g/mol. The Hall–Kier alpha value is -1.57. The van der Waals surface area contributed by atoms with Crippen LogP contribution in [0.4, 0.5) is 14.6 Å². The monoisotopic (exact) mass is 569 g/mol. The van der Waals surface area contributed by atoms with Crippen LogP contribution in [0.3, 0.4) is 0 Å². The van der Waals surface area contributed by atoms with Crippen molar-refractivity contribution in [2.75, 3.05) is 12.4 Å². The maximum absolute atomic E-state index is 15.9. The molecule has 0 aromatic carbocycles. The zero-order valence-electron chi connectivity index (χ0n) is 17.7. The van der Waals surface area contributed by atoms with Gasteiger partial charge in [0.25, 0.3) is 0 Å². The minimum atomic E-state index is -5.86. The van der Waals surface area contributed by atoms with Crippen molar-refractivity contribution in [1.82, 2.24) is 9.55 Å². The number of phosphoric acid groups is 3. The molecule has 21 heteroatoms. The minimum Gasteiger partial charge on any atom is -0.386 e. The summed E-state index contributed by atoms with van der Waals surface area (Å²) in [6.45, 7) is 0.830. The second-order valence-electron chi connectivity index (χ2n) is 6.98. The van der Waals surface area contributed by atoms with Crippen LogP contribution in [0.15, 0.2) is 10.9 Å². The van der Waals surface area contributed by atoms with Crippen molar-refractivity contribution in [3.63, 3.8) is 0 Å². The third-order valence-corrected chi connectivity index (χ3v) is 8.24. The number of phosphoric ester groups is 1. The van der Waals surface area contributed by atoms with E-state index in [-0.39, 0.29) is 11.5 Å². The first kappa shape index (κ1) is 29.7. The van der Waals surface area contributed by atoms with Crippen LogP contribution >= 0.6 is 23.5 Å². The van der Waals surface area contributed by atoms with Crippen LogP contribution in [0, 0.1) is 18.8 Å². The van der Waals surface area contributed by atoms with Gasteiger partial charge in [-0.15, -0.1) is 0 Å². The molecule has 2 rings (SSSR count). The molecule has 1 aromatic rings. The number of anilines is 1. The fourth-order valence-electron chi connectivity index (χ4n) is 3.11. The van der Waals surface area contributed by atoms with Crippen molar-refractivity contribution >= 4 is 29.3 Å². The maximum atomic E-state index is 15.9. The number of rotatable bonds is 8. The van der Waals surface area contributed by atoms with Gasteiger partial charge in [-0.2, -0.15) is 13.6 Å². The molecule has 1 aliphatic heterocycles. The Morgan fingerprint density at radius 3 is 2.40 bits per heavy atom. The van der Waals surface area contributed by atoms with E-state index in [9.17, 15) is 37.8 Å². The van der Waals surface area contributed by atoms with E-state index in [0.717, 1.165) is 13.0 Å². The van der Waals surface area contributed by atoms with Crippen molar-refractivity contribution in [3.8, 4) is 11.8 Å². The van der Waals surface area contributed by atoms with Crippen LogP contribution in [0.25, 0.3) is 0 Å². The first-order chi connectivity index (χ1) is 15.8. The number of nitrogens with two attached hydrogens (primary N) is 1. The van der Waals surface area contributed by atoms with E-state index in [1.807, 2.05) is 0 Å². The second kappa shape index (κ2) is 10.4. The fourth-order valence-corrected chi connectivity index (χ4v) is 6.31. The van der Waals surface area contributed by atoms with Crippen molar-refractivity contribution in [2.45, 2.75) is 44.1 Å². The van der Waals surface area contributed by atoms with Crippen LogP contribution in [0.5, 0.6) is 0 Å². The van der Waals surface area contributed by atoms with Crippen LogP contribution in [0.2, 0.25) is 0 Å². The summed E-state index contributed by atoms with van der Waals surface area (Å²) in [5.41, 5.74) is 1.07. The van der Waals surface area contributed by atoms with Crippen molar-refractivity contribution in [3.05, 3.63) is 22.2 Å². The van der Waals surface area contributed by atoms with Crippen molar-refractivity contribution < 1.29 is 65.0 Å². The molecule has 0 amide bonds. The van der Waals surface area contributed by atoms with Gasteiger partial charge in [0.05, 0.1) is 6.10 Å². The Bertz CT molecular complexity index is 1230. The van der Waals surface area contributed by atoms with Crippen LogP contribution in [0.1, 0.15) is 18.8 Å². The highest BCUT2D eigenvalue weighted by Crippen LogP contribution is 2.66. The SMILES string of the molecule is Cc1cc(N)nc(=O)n1[C@@H]1OC([C@@H](C)OP(=O)(O)OP(=O)(O)OP(=O)(O)O)C(O)[C@]1(F)C#CCF. The first-order valence-electron chi connectivity index (χ1n) is 9.08.